The average molecular weight is 419 g/mol. The molecule has 0 unspecified atom stereocenters. The fourth-order valence-corrected chi connectivity index (χ4v) is 4.65. The fraction of sp³-hybridized carbons (Fsp3) is 0.423. The highest BCUT2D eigenvalue weighted by molar-refractivity contribution is 5.67. The summed E-state index contributed by atoms with van der Waals surface area (Å²) in [5, 5.41) is 17.3. The van der Waals surface area contributed by atoms with Gasteiger partial charge in [0.05, 0.1) is 11.9 Å². The molecule has 3 aromatic rings. The molecule has 0 saturated carbocycles. The van der Waals surface area contributed by atoms with Gasteiger partial charge in [0.2, 0.25) is 0 Å². The minimum absolute atomic E-state index is 0.236. The molecule has 5 heteroatoms. The molecule has 1 fully saturated rings. The highest BCUT2D eigenvalue weighted by Gasteiger charge is 2.27. The minimum Gasteiger partial charge on any atom is -0.396 e. The molecule has 2 N–H and O–H groups in total. The van der Waals surface area contributed by atoms with Crippen molar-refractivity contribution in [2.45, 2.75) is 39.3 Å². The summed E-state index contributed by atoms with van der Waals surface area (Å²) in [5.74, 6) is 0. The van der Waals surface area contributed by atoms with E-state index < -0.39 is 0 Å². The van der Waals surface area contributed by atoms with E-state index in [0.29, 0.717) is 6.04 Å². The van der Waals surface area contributed by atoms with E-state index in [1.807, 2.05) is 6.20 Å². The smallest absolute Gasteiger partial charge is 0.0698 e. The molecule has 2 heterocycles. The maximum Gasteiger partial charge on any atom is 0.0698 e. The van der Waals surface area contributed by atoms with Crippen LogP contribution in [-0.4, -0.2) is 63.9 Å². The SMILES string of the molecule is Cc1ccc(C)c(-c2[nH]ncc2CN2CCN(CCc3ccccc3)[C@@H](CCO)C2)c1. The van der Waals surface area contributed by atoms with Crippen molar-refractivity contribution >= 4 is 0 Å². The van der Waals surface area contributed by atoms with E-state index in [0.717, 1.165) is 51.3 Å². The van der Waals surface area contributed by atoms with Gasteiger partial charge in [0.25, 0.3) is 0 Å². The fourth-order valence-electron chi connectivity index (χ4n) is 4.65. The molecule has 31 heavy (non-hydrogen) atoms. The van der Waals surface area contributed by atoms with E-state index in [-0.39, 0.29) is 6.61 Å². The Hall–Kier alpha value is -2.47. The molecule has 5 nitrogen and oxygen atoms in total. The van der Waals surface area contributed by atoms with Gasteiger partial charge in [-0.3, -0.25) is 14.9 Å². The van der Waals surface area contributed by atoms with Crippen LogP contribution in [0.1, 0.15) is 28.7 Å². The molecule has 0 amide bonds. The largest absolute Gasteiger partial charge is 0.396 e. The zero-order chi connectivity index (χ0) is 21.6. The number of aliphatic hydroxyl groups is 1. The van der Waals surface area contributed by atoms with Crippen LogP contribution in [0.15, 0.2) is 54.7 Å². The third-order valence-corrected chi connectivity index (χ3v) is 6.46. The van der Waals surface area contributed by atoms with Gasteiger partial charge in [-0.25, -0.2) is 0 Å². The lowest BCUT2D eigenvalue weighted by Gasteiger charge is -2.41. The summed E-state index contributed by atoms with van der Waals surface area (Å²) < 4.78 is 0. The predicted molar refractivity (Wildman–Crippen MR) is 126 cm³/mol. The molecule has 1 aliphatic rings. The van der Waals surface area contributed by atoms with E-state index in [9.17, 15) is 5.11 Å². The summed E-state index contributed by atoms with van der Waals surface area (Å²) in [6, 6.07) is 17.6. The van der Waals surface area contributed by atoms with Crippen molar-refractivity contribution in [1.29, 1.82) is 0 Å². The summed E-state index contributed by atoms with van der Waals surface area (Å²) in [6.07, 6.45) is 3.85. The summed E-state index contributed by atoms with van der Waals surface area (Å²) in [6.45, 7) is 9.50. The predicted octanol–water partition coefficient (Wildman–Crippen LogP) is 3.80. The van der Waals surface area contributed by atoms with Crippen LogP contribution in [0.25, 0.3) is 11.3 Å². The second kappa shape index (κ2) is 10.2. The molecule has 1 aliphatic heterocycles. The molecule has 4 rings (SSSR count). The van der Waals surface area contributed by atoms with Crippen LogP contribution in [0.4, 0.5) is 0 Å². The van der Waals surface area contributed by atoms with E-state index in [2.05, 4.69) is 82.4 Å². The molecule has 1 aromatic heterocycles. The van der Waals surface area contributed by atoms with Crippen LogP contribution in [0.3, 0.4) is 0 Å². The summed E-state index contributed by atoms with van der Waals surface area (Å²) in [7, 11) is 0. The van der Waals surface area contributed by atoms with Crippen LogP contribution in [0.2, 0.25) is 0 Å². The van der Waals surface area contributed by atoms with Gasteiger partial charge in [-0.1, -0.05) is 48.0 Å². The van der Waals surface area contributed by atoms with Gasteiger partial charge in [-0.2, -0.15) is 5.10 Å². The third kappa shape index (κ3) is 5.42. The van der Waals surface area contributed by atoms with Crippen molar-refractivity contribution in [3.05, 3.63) is 77.0 Å². The Morgan fingerprint density at radius 2 is 1.94 bits per heavy atom. The standard InChI is InChI=1S/C26H34N4O/c1-20-8-9-21(2)25(16-20)26-23(17-27-28-26)18-29-13-14-30(24(19-29)11-15-31)12-10-22-6-4-3-5-7-22/h3-9,16-17,24,31H,10-15,18-19H2,1-2H3,(H,27,28)/t24-/m0/s1. The number of aliphatic hydroxyl groups excluding tert-OH is 1. The Kier molecular flexibility index (Phi) is 7.17. The second-order valence-electron chi connectivity index (χ2n) is 8.76. The van der Waals surface area contributed by atoms with Gasteiger partial charge in [0.15, 0.2) is 0 Å². The number of rotatable bonds is 8. The zero-order valence-electron chi connectivity index (χ0n) is 18.7. The Morgan fingerprint density at radius 1 is 1.10 bits per heavy atom. The van der Waals surface area contributed by atoms with Gasteiger partial charge in [-0.15, -0.1) is 0 Å². The van der Waals surface area contributed by atoms with Gasteiger partial charge in [0.1, 0.15) is 0 Å². The Labute approximate surface area is 185 Å². The Balaban J connectivity index is 1.42. The van der Waals surface area contributed by atoms with Crippen LogP contribution in [0, 0.1) is 13.8 Å². The highest BCUT2D eigenvalue weighted by Crippen LogP contribution is 2.27. The van der Waals surface area contributed by atoms with Crippen LogP contribution in [0.5, 0.6) is 0 Å². The summed E-state index contributed by atoms with van der Waals surface area (Å²) in [4.78, 5) is 5.07. The van der Waals surface area contributed by atoms with Crippen molar-refractivity contribution in [1.82, 2.24) is 20.0 Å². The topological polar surface area (TPSA) is 55.4 Å². The van der Waals surface area contributed by atoms with Crippen molar-refractivity contribution in [3.8, 4) is 11.3 Å². The maximum absolute atomic E-state index is 9.65. The van der Waals surface area contributed by atoms with Crippen LogP contribution < -0.4 is 0 Å². The van der Waals surface area contributed by atoms with Gasteiger partial charge in [-0.05, 0) is 43.9 Å². The monoisotopic (exact) mass is 418 g/mol. The molecule has 164 valence electrons. The maximum atomic E-state index is 9.65. The second-order valence-corrected chi connectivity index (χ2v) is 8.76. The summed E-state index contributed by atoms with van der Waals surface area (Å²) >= 11 is 0. The quantitative estimate of drug-likeness (QED) is 0.584. The lowest BCUT2D eigenvalue weighted by molar-refractivity contribution is 0.0563. The molecular weight excluding hydrogens is 384 g/mol. The van der Waals surface area contributed by atoms with Crippen molar-refractivity contribution in [3.63, 3.8) is 0 Å². The number of benzene rings is 2. The number of nitrogens with one attached hydrogen (secondary N) is 1. The molecule has 2 aromatic carbocycles. The number of nitrogens with zero attached hydrogens (tertiary/aromatic N) is 3. The molecule has 0 bridgehead atoms. The number of piperazine rings is 1. The number of hydrogen-bond acceptors (Lipinski definition) is 4. The molecule has 0 aliphatic carbocycles. The lowest BCUT2D eigenvalue weighted by Crippen LogP contribution is -2.53. The number of aromatic nitrogens is 2. The highest BCUT2D eigenvalue weighted by atomic mass is 16.3. The van der Waals surface area contributed by atoms with E-state index >= 15 is 0 Å². The van der Waals surface area contributed by atoms with Gasteiger partial charge < -0.3 is 5.11 Å². The summed E-state index contributed by atoms with van der Waals surface area (Å²) in [5.41, 5.74) is 7.52. The lowest BCUT2D eigenvalue weighted by atomic mass is 10.00. The first kappa shape index (κ1) is 21.8. The molecule has 1 saturated heterocycles. The number of hydrogen-bond donors (Lipinski definition) is 2. The third-order valence-electron chi connectivity index (χ3n) is 6.46. The van der Waals surface area contributed by atoms with Crippen molar-refractivity contribution in [2.75, 3.05) is 32.8 Å². The number of aromatic amines is 1. The van der Waals surface area contributed by atoms with Crippen molar-refractivity contribution in [2.24, 2.45) is 0 Å². The normalized spacial score (nSPS) is 17.8. The molecule has 1 atom stereocenters. The van der Waals surface area contributed by atoms with Crippen LogP contribution in [-0.2, 0) is 13.0 Å². The number of H-pyrrole nitrogens is 1. The van der Waals surface area contributed by atoms with Crippen molar-refractivity contribution < 1.29 is 5.11 Å². The van der Waals surface area contributed by atoms with E-state index in [4.69, 9.17) is 0 Å². The molecule has 0 spiro atoms. The average Bonchev–Trinajstić information content (AvgIpc) is 3.23. The Morgan fingerprint density at radius 3 is 2.74 bits per heavy atom. The van der Waals surface area contributed by atoms with Gasteiger partial charge in [0, 0.05) is 56.5 Å². The first-order chi connectivity index (χ1) is 15.1. The molecular formula is C26H34N4O. The molecule has 0 radical (unpaired) electrons. The Bertz CT molecular complexity index is 969. The minimum atomic E-state index is 0.236. The van der Waals surface area contributed by atoms with E-state index in [1.165, 1.54) is 27.8 Å². The first-order valence-electron chi connectivity index (χ1n) is 11.3. The number of aryl methyl sites for hydroxylation is 2. The first-order valence-corrected chi connectivity index (χ1v) is 11.3. The van der Waals surface area contributed by atoms with Crippen LogP contribution >= 0.6 is 0 Å². The van der Waals surface area contributed by atoms with E-state index in [1.54, 1.807) is 0 Å². The zero-order valence-corrected chi connectivity index (χ0v) is 18.7. The van der Waals surface area contributed by atoms with Gasteiger partial charge >= 0.3 is 0 Å².